The molecule has 316 valence electrons. The van der Waals surface area contributed by atoms with Gasteiger partial charge in [0.2, 0.25) is 10.6 Å². The lowest BCUT2D eigenvalue weighted by molar-refractivity contribution is -0.385. The molecule has 0 bridgehead atoms. The van der Waals surface area contributed by atoms with Crippen LogP contribution in [0.2, 0.25) is 10.0 Å². The van der Waals surface area contributed by atoms with Crippen LogP contribution >= 0.6 is 53.9 Å². The molecule has 1 aliphatic rings. The molecule has 58 heavy (non-hydrogen) atoms. The van der Waals surface area contributed by atoms with Crippen molar-refractivity contribution in [3.8, 4) is 17.2 Å². The summed E-state index contributed by atoms with van der Waals surface area (Å²) >= 11 is 13.7. The molecule has 4 aromatic rings. The van der Waals surface area contributed by atoms with Crippen molar-refractivity contribution in [2.75, 3.05) is 25.2 Å². The Morgan fingerprint density at radius 2 is 1.71 bits per heavy atom. The number of aliphatic carboxylic acids is 2. The molecule has 2 heterocycles. The third-order valence-electron chi connectivity index (χ3n) is 6.97. The lowest BCUT2D eigenvalue weighted by Crippen LogP contribution is -2.31. The molecule has 0 radical (unpaired) electrons. The fourth-order valence-electron chi connectivity index (χ4n) is 4.55. The molecule has 0 unspecified atom stereocenters. The van der Waals surface area contributed by atoms with E-state index >= 15 is 0 Å². The standard InChI is InChI=1S/C15H11ClF3NO4.C14H13ClFN3O3S2.C3H8NO5P/c1-2-23-14-8-10(4-5-12(14)20(21)22)24-13-6-3-9(7-11(13)16)15(17,18)19;15-8-5-9(16)10(6-11(8)23-7-12(20)21)17-13-18-3-1-2-4-19(18)14(22)24-13;5-3(6)1-4-2-10(7,8)9/h3-8H,2H2,1H3;5-6H,1-4,7H2,(H,20,21);4H,1-2H2,(H,5,6)(H2,7,8,9). The summed E-state index contributed by atoms with van der Waals surface area (Å²) in [6.45, 7) is 2.71. The smallest absolute Gasteiger partial charge is 0.416 e. The molecule has 0 atom stereocenters. The Bertz CT molecular complexity index is 2300. The van der Waals surface area contributed by atoms with E-state index in [0.29, 0.717) is 22.8 Å². The number of halogens is 6. The maximum atomic E-state index is 14.2. The topological polar surface area (TPSA) is 245 Å². The van der Waals surface area contributed by atoms with Gasteiger partial charge in [0.05, 0.1) is 45.7 Å². The number of hydrogen-bond donors (Lipinski definition) is 5. The van der Waals surface area contributed by atoms with Gasteiger partial charge in [-0.2, -0.15) is 13.2 Å². The van der Waals surface area contributed by atoms with Gasteiger partial charge in [-0.25, -0.2) is 14.1 Å². The Labute approximate surface area is 342 Å². The highest BCUT2D eigenvalue weighted by atomic mass is 35.5. The molecule has 17 nitrogen and oxygen atoms in total. The summed E-state index contributed by atoms with van der Waals surface area (Å²) in [6.07, 6.45) is -3.25. The second-order valence-corrected chi connectivity index (χ2v) is 15.7. The number of nitro groups is 1. The molecule has 0 aliphatic carbocycles. The highest BCUT2D eigenvalue weighted by Crippen LogP contribution is 2.39. The molecule has 0 fully saturated rings. The fraction of sp³-hybridized carbons (Fsp3) is 0.312. The Balaban J connectivity index is 0.000000253. The molecule has 1 aromatic heterocycles. The molecule has 26 heteroatoms. The van der Waals surface area contributed by atoms with Crippen LogP contribution in [0.4, 0.5) is 28.9 Å². The van der Waals surface area contributed by atoms with Gasteiger partial charge in [-0.15, -0.1) is 11.8 Å². The van der Waals surface area contributed by atoms with Crippen molar-refractivity contribution in [3.63, 3.8) is 0 Å². The summed E-state index contributed by atoms with van der Waals surface area (Å²) in [5.74, 6) is -2.82. The van der Waals surface area contributed by atoms with Gasteiger partial charge >= 0.3 is 36.3 Å². The number of alkyl halides is 3. The number of thioether (sulfide) groups is 1. The van der Waals surface area contributed by atoms with E-state index in [4.69, 9.17) is 52.7 Å². The van der Waals surface area contributed by atoms with Crippen LogP contribution in [0.3, 0.4) is 0 Å². The van der Waals surface area contributed by atoms with Crippen molar-refractivity contribution in [3.05, 3.63) is 94.5 Å². The lowest BCUT2D eigenvalue weighted by Gasteiger charge is -2.15. The number of aromatic nitrogens is 2. The number of rotatable bonds is 13. The second kappa shape index (κ2) is 21.5. The highest BCUT2D eigenvalue weighted by molar-refractivity contribution is 8.00. The number of nitrogens with one attached hydrogen (secondary N) is 1. The van der Waals surface area contributed by atoms with E-state index in [0.717, 1.165) is 60.2 Å². The largest absolute Gasteiger partial charge is 0.487 e. The van der Waals surface area contributed by atoms with E-state index in [9.17, 15) is 46.6 Å². The van der Waals surface area contributed by atoms with Crippen molar-refractivity contribution >= 4 is 77.2 Å². The summed E-state index contributed by atoms with van der Waals surface area (Å²) in [5.41, 5.74) is -1.11. The third kappa shape index (κ3) is 15.0. The molecular formula is C32H32Cl2F4N5O12PS2. The summed E-state index contributed by atoms with van der Waals surface area (Å²) in [4.78, 5) is 64.1. The molecule has 0 spiro atoms. The fourth-order valence-corrected chi connectivity index (χ4v) is 7.05. The third-order valence-corrected chi connectivity index (χ3v) is 10.2. The zero-order valence-corrected chi connectivity index (χ0v) is 33.7. The van der Waals surface area contributed by atoms with E-state index in [1.807, 2.05) is 0 Å². The minimum Gasteiger partial charge on any atom is -0.487 e. The average Bonchev–Trinajstić information content (AvgIpc) is 3.43. The minimum absolute atomic E-state index is 0.0111. The molecule has 5 rings (SSSR count). The Hall–Kier alpha value is -4.48. The molecule has 0 saturated heterocycles. The van der Waals surface area contributed by atoms with Crippen molar-refractivity contribution < 1.29 is 66.1 Å². The van der Waals surface area contributed by atoms with Crippen LogP contribution in [0.5, 0.6) is 17.2 Å². The van der Waals surface area contributed by atoms with E-state index in [1.54, 1.807) is 16.3 Å². The van der Waals surface area contributed by atoms with E-state index in [2.05, 4.69) is 10.3 Å². The monoisotopic (exact) mass is 919 g/mol. The van der Waals surface area contributed by atoms with Crippen LogP contribution < -0.4 is 24.5 Å². The van der Waals surface area contributed by atoms with Crippen LogP contribution in [0.1, 0.15) is 25.3 Å². The summed E-state index contributed by atoms with van der Waals surface area (Å²) < 4.78 is 76.0. The molecule has 0 amide bonds. The summed E-state index contributed by atoms with van der Waals surface area (Å²) in [5, 5.41) is 29.6. The number of hydrogen-bond acceptors (Lipinski definition) is 12. The first kappa shape index (κ1) is 47.9. The van der Waals surface area contributed by atoms with Gasteiger partial charge in [-0.3, -0.25) is 39.1 Å². The quantitative estimate of drug-likeness (QED) is 0.0299. The first-order valence-corrected chi connectivity index (χ1v) is 20.6. The SMILES string of the molecule is CCOc1cc(Oc2ccc(C(F)(F)F)cc2Cl)ccc1[N+](=O)[O-].O=C(O)CNCP(=O)(O)O.O=C(O)CSc1cc(N=c2sc(=O)n3n2CCCC3)c(F)cc1Cl. The highest BCUT2D eigenvalue weighted by Gasteiger charge is 2.31. The first-order chi connectivity index (χ1) is 27.1. The lowest BCUT2D eigenvalue weighted by atomic mass is 10.2. The molecule has 5 N–H and O–H groups in total. The number of carboxylic acid groups (broad SMARTS) is 2. The van der Waals surface area contributed by atoms with Gasteiger partial charge in [0, 0.05) is 30.1 Å². The van der Waals surface area contributed by atoms with Crippen LogP contribution in [-0.2, 0) is 33.4 Å². The predicted octanol–water partition coefficient (Wildman–Crippen LogP) is 6.96. The summed E-state index contributed by atoms with van der Waals surface area (Å²) in [7, 11) is -4.10. The van der Waals surface area contributed by atoms with Crippen molar-refractivity contribution in [2.45, 2.75) is 43.9 Å². The number of carboxylic acids is 2. The number of carbonyl (C=O) groups is 2. The predicted molar refractivity (Wildman–Crippen MR) is 204 cm³/mol. The van der Waals surface area contributed by atoms with E-state index in [1.165, 1.54) is 24.3 Å². The van der Waals surface area contributed by atoms with E-state index in [-0.39, 0.29) is 55.9 Å². The Morgan fingerprint density at radius 3 is 2.28 bits per heavy atom. The maximum Gasteiger partial charge on any atom is 0.416 e. The number of fused-ring (bicyclic) bond motifs is 1. The van der Waals surface area contributed by atoms with Crippen LogP contribution in [-0.4, -0.2) is 71.4 Å². The van der Waals surface area contributed by atoms with Crippen LogP contribution in [0, 0.1) is 15.9 Å². The van der Waals surface area contributed by atoms with Crippen molar-refractivity contribution in [1.29, 1.82) is 0 Å². The van der Waals surface area contributed by atoms with Crippen LogP contribution in [0.15, 0.2) is 63.2 Å². The maximum absolute atomic E-state index is 14.2. The van der Waals surface area contributed by atoms with Crippen molar-refractivity contribution in [1.82, 2.24) is 14.7 Å². The first-order valence-electron chi connectivity index (χ1n) is 16.2. The van der Waals surface area contributed by atoms with Crippen molar-refractivity contribution in [2.24, 2.45) is 4.99 Å². The molecular weight excluding hydrogens is 888 g/mol. The minimum atomic E-state index is -4.52. The van der Waals surface area contributed by atoms with Gasteiger partial charge in [0.25, 0.3) is 0 Å². The molecule has 3 aromatic carbocycles. The Morgan fingerprint density at radius 1 is 1.03 bits per heavy atom. The number of ether oxygens (including phenoxy) is 2. The normalized spacial score (nSPS) is 12.7. The molecule has 1 aliphatic heterocycles. The average molecular weight is 921 g/mol. The number of nitrogens with zero attached hydrogens (tertiary/aromatic N) is 4. The van der Waals surface area contributed by atoms with Crippen LogP contribution in [0.25, 0.3) is 0 Å². The Kier molecular flexibility index (Phi) is 17.8. The second-order valence-electron chi connectivity index (χ2n) is 11.3. The zero-order valence-electron chi connectivity index (χ0n) is 29.7. The van der Waals surface area contributed by atoms with Gasteiger partial charge in [-0.05, 0) is 67.5 Å². The summed E-state index contributed by atoms with van der Waals surface area (Å²) in [6, 6.07) is 8.92. The van der Waals surface area contributed by atoms with Gasteiger partial charge in [0.1, 0.15) is 23.0 Å². The van der Waals surface area contributed by atoms with Gasteiger partial charge < -0.3 is 29.5 Å². The van der Waals surface area contributed by atoms with E-state index < -0.39 is 54.8 Å². The van der Waals surface area contributed by atoms with Gasteiger partial charge in [-0.1, -0.05) is 23.2 Å². The number of nitro benzene ring substituents is 1. The zero-order chi connectivity index (χ0) is 43.4. The molecule has 0 saturated carbocycles. The number of benzene rings is 3. The van der Waals surface area contributed by atoms with Gasteiger partial charge in [0.15, 0.2) is 0 Å².